The van der Waals surface area contributed by atoms with Crippen LogP contribution in [0.5, 0.6) is 0 Å². The van der Waals surface area contributed by atoms with Crippen molar-refractivity contribution in [1.29, 1.82) is 0 Å². The van der Waals surface area contributed by atoms with E-state index in [0.29, 0.717) is 19.6 Å². The lowest BCUT2D eigenvalue weighted by Gasteiger charge is -2.27. The van der Waals surface area contributed by atoms with E-state index in [-0.39, 0.29) is 23.7 Å². The van der Waals surface area contributed by atoms with Crippen molar-refractivity contribution in [3.63, 3.8) is 0 Å². The van der Waals surface area contributed by atoms with E-state index in [1.165, 1.54) is 12.1 Å². The maximum absolute atomic E-state index is 13.3. The first-order valence-electron chi connectivity index (χ1n) is 9.99. The molecule has 0 radical (unpaired) electrons. The van der Waals surface area contributed by atoms with E-state index in [1.807, 2.05) is 25.4 Å². The van der Waals surface area contributed by atoms with Crippen LogP contribution in [0.3, 0.4) is 0 Å². The number of carbonyl (C=O) groups excluding carboxylic acids is 2. The summed E-state index contributed by atoms with van der Waals surface area (Å²) in [6, 6.07) is 6.12. The average Bonchev–Trinajstić information content (AvgIpc) is 3.45. The number of nitrogens with zero attached hydrogens (tertiary/aromatic N) is 4. The van der Waals surface area contributed by atoms with Gasteiger partial charge < -0.3 is 14.5 Å². The lowest BCUT2D eigenvalue weighted by atomic mass is 9.76. The molecule has 2 aromatic rings. The van der Waals surface area contributed by atoms with E-state index in [1.54, 1.807) is 39.9 Å². The van der Waals surface area contributed by atoms with Crippen molar-refractivity contribution in [2.45, 2.75) is 24.8 Å². The molecule has 156 valence electrons. The third-order valence-corrected chi connectivity index (χ3v) is 6.30. The van der Waals surface area contributed by atoms with Gasteiger partial charge in [0.05, 0.1) is 30.7 Å². The Bertz CT molecular complexity index is 1030. The van der Waals surface area contributed by atoms with Crippen molar-refractivity contribution in [1.82, 2.24) is 19.6 Å². The molecule has 0 aliphatic carbocycles. The standard InChI is InChI=1S/C22H23FN4O3/c1-25(10-15-9-24-26(2)11-15)20(28)18-17-7-8-22(30-17)13-27(21(29)19(18)22)12-14-3-5-16(23)6-4-14/h3-9,11,17-19H,10,12-13H2,1-2H3/t17-,18-,19-,22-/m0/s1. The van der Waals surface area contributed by atoms with Gasteiger partial charge in [-0.1, -0.05) is 24.3 Å². The number of amides is 2. The van der Waals surface area contributed by atoms with Crippen molar-refractivity contribution in [2.24, 2.45) is 18.9 Å². The third kappa shape index (κ3) is 2.94. The fourth-order valence-electron chi connectivity index (χ4n) is 4.96. The average molecular weight is 410 g/mol. The minimum absolute atomic E-state index is 0.0840. The van der Waals surface area contributed by atoms with Gasteiger partial charge in [0.25, 0.3) is 0 Å². The second-order valence-electron chi connectivity index (χ2n) is 8.44. The predicted molar refractivity (Wildman–Crippen MR) is 105 cm³/mol. The highest BCUT2D eigenvalue weighted by molar-refractivity contribution is 5.93. The first kappa shape index (κ1) is 19.0. The molecule has 0 N–H and O–H groups in total. The lowest BCUT2D eigenvalue weighted by molar-refractivity contribution is -0.142. The van der Waals surface area contributed by atoms with Gasteiger partial charge in [0.15, 0.2) is 0 Å². The van der Waals surface area contributed by atoms with Gasteiger partial charge in [-0.05, 0) is 17.7 Å². The molecule has 4 atom stereocenters. The number of fused-ring (bicyclic) bond motifs is 1. The van der Waals surface area contributed by atoms with Crippen LogP contribution in [-0.2, 0) is 34.5 Å². The summed E-state index contributed by atoms with van der Waals surface area (Å²) in [6.07, 6.45) is 7.07. The van der Waals surface area contributed by atoms with Crippen molar-refractivity contribution in [3.8, 4) is 0 Å². The Morgan fingerprint density at radius 1 is 1.33 bits per heavy atom. The highest BCUT2D eigenvalue weighted by atomic mass is 19.1. The van der Waals surface area contributed by atoms with Crippen LogP contribution in [0.2, 0.25) is 0 Å². The Balaban J connectivity index is 1.35. The summed E-state index contributed by atoms with van der Waals surface area (Å²) in [5.74, 6) is -1.57. The van der Waals surface area contributed by atoms with Gasteiger partial charge >= 0.3 is 0 Å². The van der Waals surface area contributed by atoms with Crippen molar-refractivity contribution >= 4 is 11.8 Å². The molecule has 3 aliphatic rings. The fraction of sp³-hybridized carbons (Fsp3) is 0.409. The van der Waals surface area contributed by atoms with Crippen LogP contribution in [0.1, 0.15) is 11.1 Å². The van der Waals surface area contributed by atoms with E-state index >= 15 is 0 Å². The number of rotatable bonds is 5. The number of aromatic nitrogens is 2. The number of benzene rings is 1. The Morgan fingerprint density at radius 2 is 2.10 bits per heavy atom. The van der Waals surface area contributed by atoms with Crippen LogP contribution in [0, 0.1) is 17.7 Å². The predicted octanol–water partition coefficient (Wildman–Crippen LogP) is 1.50. The number of hydrogen-bond acceptors (Lipinski definition) is 4. The second kappa shape index (κ2) is 6.77. The van der Waals surface area contributed by atoms with Gasteiger partial charge in [0.2, 0.25) is 11.8 Å². The minimum atomic E-state index is -0.753. The number of carbonyl (C=O) groups is 2. The number of halogens is 1. The summed E-state index contributed by atoms with van der Waals surface area (Å²) in [5, 5.41) is 4.14. The number of hydrogen-bond donors (Lipinski definition) is 0. The molecule has 0 unspecified atom stereocenters. The molecule has 7 nitrogen and oxygen atoms in total. The summed E-state index contributed by atoms with van der Waals surface area (Å²) in [4.78, 5) is 30.0. The summed E-state index contributed by atoms with van der Waals surface area (Å²) >= 11 is 0. The summed E-state index contributed by atoms with van der Waals surface area (Å²) < 4.78 is 21.1. The quantitative estimate of drug-likeness (QED) is 0.701. The lowest BCUT2D eigenvalue weighted by Crippen LogP contribution is -2.44. The van der Waals surface area contributed by atoms with E-state index in [2.05, 4.69) is 5.10 Å². The largest absolute Gasteiger partial charge is 0.360 e. The van der Waals surface area contributed by atoms with Crippen LogP contribution in [-0.4, -0.2) is 56.7 Å². The second-order valence-corrected chi connectivity index (χ2v) is 8.44. The van der Waals surface area contributed by atoms with E-state index in [0.717, 1.165) is 11.1 Å². The SMILES string of the molecule is CN(Cc1cnn(C)c1)C(=O)[C@H]1[C@@H]2C=C[C@@]3(CN(Cc4ccc(F)cc4)C(=O)[C@H]13)O2. The molecule has 0 saturated carbocycles. The molecule has 30 heavy (non-hydrogen) atoms. The molecule has 5 rings (SSSR count). The zero-order chi connectivity index (χ0) is 21.0. The van der Waals surface area contributed by atoms with Gasteiger partial charge in [-0.2, -0.15) is 5.10 Å². The van der Waals surface area contributed by atoms with Gasteiger partial charge in [-0.15, -0.1) is 0 Å². The van der Waals surface area contributed by atoms with E-state index in [9.17, 15) is 14.0 Å². The zero-order valence-corrected chi connectivity index (χ0v) is 16.9. The number of aryl methyl sites for hydroxylation is 1. The smallest absolute Gasteiger partial charge is 0.230 e. The first-order chi connectivity index (χ1) is 14.4. The van der Waals surface area contributed by atoms with Crippen LogP contribution in [0.15, 0.2) is 48.8 Å². The zero-order valence-electron chi connectivity index (χ0n) is 16.9. The van der Waals surface area contributed by atoms with Gasteiger partial charge in [-0.3, -0.25) is 14.3 Å². The van der Waals surface area contributed by atoms with Crippen LogP contribution in [0.4, 0.5) is 4.39 Å². The molecule has 2 fully saturated rings. The van der Waals surface area contributed by atoms with Crippen LogP contribution < -0.4 is 0 Å². The summed E-state index contributed by atoms with van der Waals surface area (Å²) in [6.45, 7) is 1.19. The molecule has 1 aromatic carbocycles. The molecule has 1 aromatic heterocycles. The number of ether oxygens (including phenoxy) is 1. The summed E-state index contributed by atoms with van der Waals surface area (Å²) in [7, 11) is 3.57. The number of likely N-dealkylation sites (tertiary alicyclic amines) is 1. The molecule has 1 spiro atoms. The Labute approximate surface area is 173 Å². The maximum Gasteiger partial charge on any atom is 0.230 e. The van der Waals surface area contributed by atoms with Gasteiger partial charge in [-0.25, -0.2) is 4.39 Å². The molecule has 2 amide bonds. The molecule has 8 heteroatoms. The molecular formula is C22H23FN4O3. The first-order valence-corrected chi connectivity index (χ1v) is 9.99. The molecular weight excluding hydrogens is 387 g/mol. The van der Waals surface area contributed by atoms with E-state index < -0.39 is 17.4 Å². The Morgan fingerprint density at radius 3 is 2.80 bits per heavy atom. The molecule has 2 saturated heterocycles. The maximum atomic E-state index is 13.3. The fourth-order valence-corrected chi connectivity index (χ4v) is 4.96. The van der Waals surface area contributed by atoms with E-state index in [4.69, 9.17) is 4.74 Å². The highest BCUT2D eigenvalue weighted by Gasteiger charge is 2.67. The van der Waals surface area contributed by atoms with Crippen molar-refractivity contribution < 1.29 is 18.7 Å². The van der Waals surface area contributed by atoms with Crippen LogP contribution >= 0.6 is 0 Å². The molecule has 4 heterocycles. The summed E-state index contributed by atoms with van der Waals surface area (Å²) in [5.41, 5.74) is 1.02. The van der Waals surface area contributed by atoms with Gasteiger partial charge in [0, 0.05) is 38.9 Å². The third-order valence-electron chi connectivity index (χ3n) is 6.30. The normalized spacial score (nSPS) is 29.0. The van der Waals surface area contributed by atoms with Crippen molar-refractivity contribution in [3.05, 3.63) is 65.8 Å². The van der Waals surface area contributed by atoms with Gasteiger partial charge in [0.1, 0.15) is 11.4 Å². The molecule has 3 aliphatic heterocycles. The minimum Gasteiger partial charge on any atom is -0.360 e. The monoisotopic (exact) mass is 410 g/mol. The highest BCUT2D eigenvalue weighted by Crippen LogP contribution is 2.52. The van der Waals surface area contributed by atoms with Crippen molar-refractivity contribution in [2.75, 3.05) is 13.6 Å². The Kier molecular flexibility index (Phi) is 4.28. The topological polar surface area (TPSA) is 67.7 Å². The van der Waals surface area contributed by atoms with Crippen LogP contribution in [0.25, 0.3) is 0 Å². The Hall–Kier alpha value is -3.00. The molecule has 2 bridgehead atoms.